The monoisotopic (exact) mass is 333 g/mol. The number of hydrogen-bond acceptors (Lipinski definition) is 4. The van der Waals surface area contributed by atoms with Crippen LogP contribution in [-0.4, -0.2) is 36.9 Å². The number of benzene rings is 1. The minimum atomic E-state index is -0.628. The van der Waals surface area contributed by atoms with Crippen LogP contribution in [0.25, 0.3) is 0 Å². The lowest BCUT2D eigenvalue weighted by Gasteiger charge is -2.22. The van der Waals surface area contributed by atoms with Crippen molar-refractivity contribution >= 4 is 17.7 Å². The number of nitrogens with two attached hydrogens (primary N) is 1. The molecule has 2 rings (SSSR count). The molecule has 1 fully saturated rings. The number of para-hydroxylation sites is 1. The van der Waals surface area contributed by atoms with Gasteiger partial charge in [-0.1, -0.05) is 31.4 Å². The molecule has 1 aromatic carbocycles. The molecule has 0 unspecified atom stereocenters. The van der Waals surface area contributed by atoms with Gasteiger partial charge in [-0.15, -0.1) is 0 Å². The molecule has 1 saturated carbocycles. The minimum absolute atomic E-state index is 0.0977. The molecular weight excluding hydrogens is 310 g/mol. The highest BCUT2D eigenvalue weighted by atomic mass is 16.5. The maximum atomic E-state index is 12.2. The lowest BCUT2D eigenvalue weighted by atomic mass is 9.95. The molecule has 7 nitrogen and oxygen atoms in total. The minimum Gasteiger partial charge on any atom is -0.483 e. The maximum absolute atomic E-state index is 12.2. The van der Waals surface area contributed by atoms with Gasteiger partial charge in [0.15, 0.2) is 6.61 Å². The molecule has 24 heavy (non-hydrogen) atoms. The molecule has 3 amide bonds. The van der Waals surface area contributed by atoms with Crippen molar-refractivity contribution in [3.63, 3.8) is 0 Å². The normalized spacial score (nSPS) is 14.7. The van der Waals surface area contributed by atoms with Crippen LogP contribution in [0.2, 0.25) is 0 Å². The summed E-state index contributed by atoms with van der Waals surface area (Å²) in [6.45, 7) is -0.411. The van der Waals surface area contributed by atoms with E-state index in [1.165, 1.54) is 6.42 Å². The molecule has 130 valence electrons. The van der Waals surface area contributed by atoms with E-state index in [0.717, 1.165) is 25.7 Å². The fourth-order valence-corrected chi connectivity index (χ4v) is 2.71. The molecule has 0 aromatic heterocycles. The molecule has 0 radical (unpaired) electrons. The number of hydrogen-bond donors (Lipinski definition) is 3. The van der Waals surface area contributed by atoms with Gasteiger partial charge in [-0.3, -0.25) is 14.4 Å². The Morgan fingerprint density at radius 1 is 1.12 bits per heavy atom. The van der Waals surface area contributed by atoms with Crippen LogP contribution in [0.1, 0.15) is 42.5 Å². The van der Waals surface area contributed by atoms with Gasteiger partial charge in [0.05, 0.1) is 12.1 Å². The second-order valence-corrected chi connectivity index (χ2v) is 5.84. The van der Waals surface area contributed by atoms with Crippen molar-refractivity contribution in [1.29, 1.82) is 0 Å². The first kappa shape index (κ1) is 17.8. The Morgan fingerprint density at radius 2 is 1.83 bits per heavy atom. The van der Waals surface area contributed by atoms with Crippen LogP contribution in [0, 0.1) is 0 Å². The summed E-state index contributed by atoms with van der Waals surface area (Å²) in [5, 5.41) is 5.50. The van der Waals surface area contributed by atoms with E-state index in [-0.39, 0.29) is 36.4 Å². The Balaban J connectivity index is 1.85. The van der Waals surface area contributed by atoms with Gasteiger partial charge < -0.3 is 21.1 Å². The predicted octanol–water partition coefficient (Wildman–Crippen LogP) is 0.729. The van der Waals surface area contributed by atoms with E-state index in [9.17, 15) is 14.4 Å². The van der Waals surface area contributed by atoms with Gasteiger partial charge in [-0.05, 0) is 25.0 Å². The lowest BCUT2D eigenvalue weighted by molar-refractivity contribution is -0.121. The van der Waals surface area contributed by atoms with Crippen LogP contribution >= 0.6 is 0 Å². The Kier molecular flexibility index (Phi) is 6.60. The number of ether oxygens (including phenoxy) is 1. The fraction of sp³-hybridized carbons (Fsp3) is 0.471. The predicted molar refractivity (Wildman–Crippen MR) is 88.5 cm³/mol. The number of carbonyl (C=O) groups excluding carboxylic acids is 3. The average molecular weight is 333 g/mol. The Morgan fingerprint density at radius 3 is 2.54 bits per heavy atom. The highest BCUT2D eigenvalue weighted by Crippen LogP contribution is 2.18. The van der Waals surface area contributed by atoms with Gasteiger partial charge in [0.2, 0.25) is 5.91 Å². The highest BCUT2D eigenvalue weighted by Gasteiger charge is 2.17. The number of amides is 3. The van der Waals surface area contributed by atoms with Gasteiger partial charge in [0.1, 0.15) is 5.75 Å². The van der Waals surface area contributed by atoms with Crippen molar-refractivity contribution in [3.05, 3.63) is 29.8 Å². The van der Waals surface area contributed by atoms with Crippen LogP contribution in [0.4, 0.5) is 0 Å². The van der Waals surface area contributed by atoms with Gasteiger partial charge in [0.25, 0.3) is 11.8 Å². The summed E-state index contributed by atoms with van der Waals surface area (Å²) in [7, 11) is 0. The molecule has 0 atom stereocenters. The zero-order chi connectivity index (χ0) is 17.4. The average Bonchev–Trinajstić information content (AvgIpc) is 2.59. The third kappa shape index (κ3) is 5.57. The summed E-state index contributed by atoms with van der Waals surface area (Å²) in [4.78, 5) is 34.9. The Hall–Kier alpha value is -2.57. The van der Waals surface area contributed by atoms with Gasteiger partial charge in [-0.2, -0.15) is 0 Å². The van der Waals surface area contributed by atoms with E-state index >= 15 is 0 Å². The Labute approximate surface area is 140 Å². The molecule has 4 N–H and O–H groups in total. The van der Waals surface area contributed by atoms with E-state index in [1.54, 1.807) is 24.3 Å². The van der Waals surface area contributed by atoms with E-state index in [2.05, 4.69) is 10.6 Å². The van der Waals surface area contributed by atoms with Gasteiger partial charge in [0, 0.05) is 6.04 Å². The fourth-order valence-electron chi connectivity index (χ4n) is 2.71. The van der Waals surface area contributed by atoms with E-state index in [4.69, 9.17) is 10.5 Å². The van der Waals surface area contributed by atoms with Gasteiger partial charge in [-0.25, -0.2) is 0 Å². The molecule has 1 aliphatic rings. The zero-order valence-corrected chi connectivity index (χ0v) is 13.5. The summed E-state index contributed by atoms with van der Waals surface area (Å²) in [6.07, 6.45) is 5.45. The first-order valence-corrected chi connectivity index (χ1v) is 8.14. The maximum Gasteiger partial charge on any atom is 0.255 e. The van der Waals surface area contributed by atoms with Crippen LogP contribution in [0.3, 0.4) is 0 Å². The summed E-state index contributed by atoms with van der Waals surface area (Å²) < 4.78 is 5.21. The number of nitrogens with one attached hydrogen (secondary N) is 2. The first-order chi connectivity index (χ1) is 11.6. The number of primary amides is 1. The third-order valence-electron chi connectivity index (χ3n) is 3.88. The molecule has 1 aromatic rings. The van der Waals surface area contributed by atoms with E-state index < -0.39 is 11.8 Å². The molecule has 1 aliphatic carbocycles. The molecule has 0 heterocycles. The van der Waals surface area contributed by atoms with Crippen LogP contribution in [0.5, 0.6) is 5.75 Å². The Bertz CT molecular complexity index is 597. The number of rotatable bonds is 7. The summed E-state index contributed by atoms with van der Waals surface area (Å²) in [6, 6.07) is 6.69. The van der Waals surface area contributed by atoms with E-state index in [0.29, 0.717) is 0 Å². The van der Waals surface area contributed by atoms with Crippen LogP contribution < -0.4 is 21.1 Å². The molecule has 0 aliphatic heterocycles. The van der Waals surface area contributed by atoms with Crippen molar-refractivity contribution < 1.29 is 19.1 Å². The van der Waals surface area contributed by atoms with Crippen molar-refractivity contribution in [3.8, 4) is 5.75 Å². The zero-order valence-electron chi connectivity index (χ0n) is 13.5. The summed E-state index contributed by atoms with van der Waals surface area (Å²) in [5.74, 6) is -1.02. The van der Waals surface area contributed by atoms with Crippen LogP contribution in [0.15, 0.2) is 24.3 Å². The quantitative estimate of drug-likeness (QED) is 0.683. The lowest BCUT2D eigenvalue weighted by Crippen LogP contribution is -2.42. The van der Waals surface area contributed by atoms with Crippen molar-refractivity contribution in [2.75, 3.05) is 13.2 Å². The molecule has 0 spiro atoms. The standard InChI is InChI=1S/C17H23N3O4/c18-15(21)11-24-14-9-5-4-8-13(14)17(23)19-10-16(22)20-12-6-2-1-3-7-12/h4-5,8-9,12H,1-3,6-7,10-11H2,(H2,18,21)(H,19,23)(H,20,22). The molecule has 0 bridgehead atoms. The molecular formula is C17H23N3O4. The van der Waals surface area contributed by atoms with Crippen LogP contribution in [-0.2, 0) is 9.59 Å². The number of carbonyl (C=O) groups is 3. The van der Waals surface area contributed by atoms with Crippen molar-refractivity contribution in [2.45, 2.75) is 38.1 Å². The third-order valence-corrected chi connectivity index (χ3v) is 3.88. The smallest absolute Gasteiger partial charge is 0.255 e. The SMILES string of the molecule is NC(=O)COc1ccccc1C(=O)NCC(=O)NC1CCCCC1. The van der Waals surface area contributed by atoms with Crippen molar-refractivity contribution in [2.24, 2.45) is 5.73 Å². The van der Waals surface area contributed by atoms with E-state index in [1.807, 2.05) is 0 Å². The largest absolute Gasteiger partial charge is 0.483 e. The summed E-state index contributed by atoms with van der Waals surface area (Å²) in [5.41, 5.74) is 5.29. The van der Waals surface area contributed by atoms with Crippen molar-refractivity contribution in [1.82, 2.24) is 10.6 Å². The molecule has 7 heteroatoms. The topological polar surface area (TPSA) is 111 Å². The highest BCUT2D eigenvalue weighted by molar-refractivity contribution is 5.98. The first-order valence-electron chi connectivity index (χ1n) is 8.14. The van der Waals surface area contributed by atoms with Gasteiger partial charge >= 0.3 is 0 Å². The molecule has 0 saturated heterocycles. The second kappa shape index (κ2) is 8.90. The second-order valence-electron chi connectivity index (χ2n) is 5.84. The summed E-state index contributed by atoms with van der Waals surface area (Å²) >= 11 is 0.